The molecule has 0 radical (unpaired) electrons. The van der Waals surface area contributed by atoms with Crippen LogP contribution in [0.15, 0.2) is 30.3 Å². The highest BCUT2D eigenvalue weighted by atomic mass is 16.4. The van der Waals surface area contributed by atoms with Gasteiger partial charge >= 0.3 is 5.97 Å². The fourth-order valence-corrected chi connectivity index (χ4v) is 3.15. The molecule has 1 aliphatic rings. The Hall–Kier alpha value is -1.39. The van der Waals surface area contributed by atoms with Crippen LogP contribution in [0.3, 0.4) is 0 Å². The number of aliphatic carboxylic acids is 1. The molecule has 0 unspecified atom stereocenters. The van der Waals surface area contributed by atoms with Gasteiger partial charge in [0.2, 0.25) is 0 Å². The van der Waals surface area contributed by atoms with Gasteiger partial charge < -0.3 is 14.9 Å². The van der Waals surface area contributed by atoms with Gasteiger partial charge in [0.25, 0.3) is 0 Å². The Labute approximate surface area is 127 Å². The van der Waals surface area contributed by atoms with Crippen molar-refractivity contribution < 1.29 is 9.90 Å². The smallest absolute Gasteiger partial charge is 0.314 e. The fourth-order valence-electron chi connectivity index (χ4n) is 3.15. The van der Waals surface area contributed by atoms with Crippen molar-refractivity contribution in [1.29, 1.82) is 0 Å². The van der Waals surface area contributed by atoms with E-state index in [9.17, 15) is 9.90 Å². The van der Waals surface area contributed by atoms with Crippen LogP contribution in [0.25, 0.3) is 0 Å². The molecule has 1 N–H and O–H groups in total. The minimum Gasteiger partial charge on any atom is -0.481 e. The van der Waals surface area contributed by atoms with Gasteiger partial charge in [-0.15, -0.1) is 0 Å². The van der Waals surface area contributed by atoms with Crippen LogP contribution in [-0.4, -0.2) is 61.2 Å². The molecular formula is C17H26N2O2. The molecule has 21 heavy (non-hydrogen) atoms. The van der Waals surface area contributed by atoms with Crippen LogP contribution in [0.2, 0.25) is 0 Å². The average molecular weight is 290 g/mol. The second-order valence-corrected chi connectivity index (χ2v) is 6.25. The monoisotopic (exact) mass is 290 g/mol. The summed E-state index contributed by atoms with van der Waals surface area (Å²) in [4.78, 5) is 16.4. The van der Waals surface area contributed by atoms with Crippen LogP contribution < -0.4 is 0 Å². The molecule has 116 valence electrons. The number of benzene rings is 1. The lowest BCUT2D eigenvalue weighted by Crippen LogP contribution is -2.47. The summed E-state index contributed by atoms with van der Waals surface area (Å²) >= 11 is 0. The fraction of sp³-hybridized carbons (Fsp3) is 0.588. The van der Waals surface area contributed by atoms with E-state index in [2.05, 4.69) is 23.9 Å². The van der Waals surface area contributed by atoms with E-state index < -0.39 is 11.4 Å². The normalized spacial score (nSPS) is 18.8. The summed E-state index contributed by atoms with van der Waals surface area (Å²) in [6.45, 7) is 3.88. The minimum atomic E-state index is -0.695. The van der Waals surface area contributed by atoms with Gasteiger partial charge in [0, 0.05) is 0 Å². The Morgan fingerprint density at radius 1 is 1.24 bits per heavy atom. The average Bonchev–Trinajstić information content (AvgIpc) is 2.48. The van der Waals surface area contributed by atoms with Crippen LogP contribution in [0, 0.1) is 0 Å². The molecule has 0 aromatic heterocycles. The van der Waals surface area contributed by atoms with Crippen LogP contribution in [-0.2, 0) is 10.2 Å². The van der Waals surface area contributed by atoms with E-state index in [0.29, 0.717) is 12.8 Å². The van der Waals surface area contributed by atoms with Crippen molar-refractivity contribution in [3.05, 3.63) is 35.9 Å². The number of carbonyl (C=O) groups is 1. The van der Waals surface area contributed by atoms with Gasteiger partial charge in [-0.05, 0) is 65.1 Å². The summed E-state index contributed by atoms with van der Waals surface area (Å²) in [5.74, 6) is -0.679. The van der Waals surface area contributed by atoms with Crippen molar-refractivity contribution in [2.45, 2.75) is 24.7 Å². The van der Waals surface area contributed by atoms with Crippen molar-refractivity contribution in [1.82, 2.24) is 9.80 Å². The first kappa shape index (κ1) is 16.0. The van der Waals surface area contributed by atoms with Crippen LogP contribution in [0.4, 0.5) is 0 Å². The van der Waals surface area contributed by atoms with Gasteiger partial charge in [-0.1, -0.05) is 30.3 Å². The Kier molecular flexibility index (Phi) is 5.37. The predicted molar refractivity (Wildman–Crippen MR) is 84.6 cm³/mol. The number of rotatable bonds is 6. The van der Waals surface area contributed by atoms with Gasteiger partial charge in [-0.25, -0.2) is 0 Å². The number of hydrogen-bond donors (Lipinski definition) is 1. The minimum absolute atomic E-state index is 0.679. The lowest BCUT2D eigenvalue weighted by Gasteiger charge is -2.39. The molecule has 0 spiro atoms. The zero-order valence-electron chi connectivity index (χ0n) is 13.1. The summed E-state index contributed by atoms with van der Waals surface area (Å²) in [5.41, 5.74) is 0.254. The molecule has 1 saturated heterocycles. The number of nitrogens with zero attached hydrogens (tertiary/aromatic N) is 2. The van der Waals surface area contributed by atoms with Gasteiger partial charge in [0.05, 0.1) is 5.41 Å². The van der Waals surface area contributed by atoms with Crippen molar-refractivity contribution in [3.8, 4) is 0 Å². The van der Waals surface area contributed by atoms with E-state index in [1.165, 1.54) is 0 Å². The highest BCUT2D eigenvalue weighted by Crippen LogP contribution is 2.35. The number of piperidine rings is 1. The van der Waals surface area contributed by atoms with Gasteiger partial charge in [0.1, 0.15) is 0 Å². The van der Waals surface area contributed by atoms with E-state index in [0.717, 1.165) is 38.2 Å². The van der Waals surface area contributed by atoms with Crippen molar-refractivity contribution in [2.75, 3.05) is 40.3 Å². The summed E-state index contributed by atoms with van der Waals surface area (Å²) in [5, 5.41) is 9.75. The first-order valence-corrected chi connectivity index (χ1v) is 7.70. The summed E-state index contributed by atoms with van der Waals surface area (Å²) in [7, 11) is 4.17. The lowest BCUT2D eigenvalue weighted by molar-refractivity contribution is -0.146. The molecule has 0 amide bonds. The molecule has 1 aromatic rings. The lowest BCUT2D eigenvalue weighted by atomic mass is 9.73. The topological polar surface area (TPSA) is 43.8 Å². The molecule has 4 nitrogen and oxygen atoms in total. The third-order valence-electron chi connectivity index (χ3n) is 4.53. The molecule has 1 aromatic carbocycles. The van der Waals surface area contributed by atoms with E-state index in [4.69, 9.17) is 0 Å². The second kappa shape index (κ2) is 7.05. The Morgan fingerprint density at radius 2 is 1.86 bits per heavy atom. The first-order valence-electron chi connectivity index (χ1n) is 7.70. The van der Waals surface area contributed by atoms with Crippen LogP contribution in [0.5, 0.6) is 0 Å². The number of carboxylic acid groups (broad SMARTS) is 1. The largest absolute Gasteiger partial charge is 0.481 e. The van der Waals surface area contributed by atoms with Crippen LogP contribution >= 0.6 is 0 Å². The zero-order valence-corrected chi connectivity index (χ0v) is 13.1. The maximum Gasteiger partial charge on any atom is 0.314 e. The highest BCUT2D eigenvalue weighted by Gasteiger charge is 2.42. The molecule has 2 rings (SSSR count). The predicted octanol–water partition coefficient (Wildman–Crippen LogP) is 2.06. The Morgan fingerprint density at radius 3 is 2.38 bits per heavy atom. The van der Waals surface area contributed by atoms with E-state index >= 15 is 0 Å². The Balaban J connectivity index is 1.97. The summed E-state index contributed by atoms with van der Waals surface area (Å²) in [6.07, 6.45) is 2.54. The first-order chi connectivity index (χ1) is 10.0. The summed E-state index contributed by atoms with van der Waals surface area (Å²) in [6, 6.07) is 9.72. The standard InChI is InChI=1S/C17H26N2O2/c1-18(2)11-6-12-19-13-9-17(10-14-19,16(20)21)15-7-4-3-5-8-15/h3-5,7-8H,6,9-14H2,1-2H3,(H,20,21). The third kappa shape index (κ3) is 3.83. The second-order valence-electron chi connectivity index (χ2n) is 6.25. The molecule has 1 fully saturated rings. The zero-order chi connectivity index (χ0) is 15.3. The third-order valence-corrected chi connectivity index (χ3v) is 4.53. The molecule has 4 heteroatoms. The maximum absolute atomic E-state index is 11.9. The highest BCUT2D eigenvalue weighted by molar-refractivity contribution is 5.81. The van der Waals surface area contributed by atoms with Crippen molar-refractivity contribution in [2.24, 2.45) is 0 Å². The number of likely N-dealkylation sites (tertiary alicyclic amines) is 1. The van der Waals surface area contributed by atoms with Gasteiger partial charge in [0.15, 0.2) is 0 Å². The van der Waals surface area contributed by atoms with Crippen molar-refractivity contribution in [3.63, 3.8) is 0 Å². The molecule has 0 aliphatic carbocycles. The van der Waals surface area contributed by atoms with E-state index in [1.54, 1.807) is 0 Å². The number of carboxylic acids is 1. The molecular weight excluding hydrogens is 264 g/mol. The molecule has 1 heterocycles. The van der Waals surface area contributed by atoms with Gasteiger partial charge in [-0.2, -0.15) is 0 Å². The van der Waals surface area contributed by atoms with E-state index in [-0.39, 0.29) is 0 Å². The SMILES string of the molecule is CN(C)CCCN1CCC(C(=O)O)(c2ccccc2)CC1. The molecule has 0 bridgehead atoms. The molecule has 1 aliphatic heterocycles. The van der Waals surface area contributed by atoms with Gasteiger partial charge in [-0.3, -0.25) is 4.79 Å². The van der Waals surface area contributed by atoms with Crippen LogP contribution in [0.1, 0.15) is 24.8 Å². The van der Waals surface area contributed by atoms with E-state index in [1.807, 2.05) is 30.3 Å². The Bertz CT molecular complexity index is 451. The van der Waals surface area contributed by atoms with Crippen molar-refractivity contribution >= 4 is 5.97 Å². The quantitative estimate of drug-likeness (QED) is 0.871. The number of hydrogen-bond acceptors (Lipinski definition) is 3. The molecule has 0 saturated carbocycles. The maximum atomic E-state index is 11.9. The molecule has 0 atom stereocenters. The summed E-state index contributed by atoms with van der Waals surface area (Å²) < 4.78 is 0.